The summed E-state index contributed by atoms with van der Waals surface area (Å²) in [4.78, 5) is 22.8. The van der Waals surface area contributed by atoms with Crippen molar-refractivity contribution in [3.05, 3.63) is 30.0 Å². The highest BCUT2D eigenvalue weighted by molar-refractivity contribution is 6.10. The van der Waals surface area contributed by atoms with Gasteiger partial charge in [-0.2, -0.15) is 0 Å². The molecule has 0 aliphatic heterocycles. The molecular formula is C12H12N2O3. The lowest BCUT2D eigenvalue weighted by Crippen LogP contribution is -2.19. The van der Waals surface area contributed by atoms with Gasteiger partial charge in [0.15, 0.2) is 0 Å². The molecule has 1 aromatic carbocycles. The second kappa shape index (κ2) is 4.29. The molecule has 5 heteroatoms. The van der Waals surface area contributed by atoms with Gasteiger partial charge in [-0.15, -0.1) is 0 Å². The lowest BCUT2D eigenvalue weighted by atomic mass is 10.2. The van der Waals surface area contributed by atoms with Crippen LogP contribution in [0.25, 0.3) is 11.0 Å². The molecule has 88 valence electrons. The normalized spacial score (nSPS) is 10.2. The summed E-state index contributed by atoms with van der Waals surface area (Å²) < 4.78 is 5.43. The molecule has 2 aromatic rings. The Morgan fingerprint density at radius 1 is 1.24 bits per heavy atom. The number of fused-ring (bicyclic) bond motifs is 1. The van der Waals surface area contributed by atoms with Crippen LogP contribution >= 0.6 is 0 Å². The zero-order valence-electron chi connectivity index (χ0n) is 9.53. The molecular weight excluding hydrogens is 220 g/mol. The number of carbonyl (C=O) groups is 2. The molecule has 1 aromatic heterocycles. The molecule has 17 heavy (non-hydrogen) atoms. The Hall–Kier alpha value is -2.30. The van der Waals surface area contributed by atoms with Crippen LogP contribution in [-0.2, 0) is 4.79 Å². The van der Waals surface area contributed by atoms with Crippen LogP contribution in [0.5, 0.6) is 0 Å². The second-order valence-electron chi connectivity index (χ2n) is 3.56. The van der Waals surface area contributed by atoms with E-state index >= 15 is 0 Å². The Morgan fingerprint density at radius 2 is 1.94 bits per heavy atom. The van der Waals surface area contributed by atoms with Crippen molar-refractivity contribution in [3.63, 3.8) is 0 Å². The number of carbonyl (C=O) groups excluding carboxylic acids is 2. The Balaban J connectivity index is 2.64. The summed E-state index contributed by atoms with van der Waals surface area (Å²) in [7, 11) is 1.51. The Bertz CT molecular complexity index is 586. The van der Waals surface area contributed by atoms with Gasteiger partial charge in [0.05, 0.1) is 0 Å². The van der Waals surface area contributed by atoms with Gasteiger partial charge in [-0.3, -0.25) is 9.59 Å². The fraction of sp³-hybridized carbons (Fsp3) is 0.167. The SMILES string of the molecule is CNC(=O)c1oc2ccccc2c1NC(C)=O. The summed E-state index contributed by atoms with van der Waals surface area (Å²) >= 11 is 0. The maximum absolute atomic E-state index is 11.6. The van der Waals surface area contributed by atoms with Gasteiger partial charge in [-0.05, 0) is 12.1 Å². The minimum absolute atomic E-state index is 0.115. The van der Waals surface area contributed by atoms with E-state index in [1.54, 1.807) is 18.2 Å². The van der Waals surface area contributed by atoms with E-state index in [1.165, 1.54) is 14.0 Å². The van der Waals surface area contributed by atoms with Gasteiger partial charge in [0, 0.05) is 19.4 Å². The van der Waals surface area contributed by atoms with Crippen molar-refractivity contribution in [3.8, 4) is 0 Å². The monoisotopic (exact) mass is 232 g/mol. The highest BCUT2D eigenvalue weighted by Gasteiger charge is 2.19. The molecule has 0 radical (unpaired) electrons. The fourth-order valence-corrected chi connectivity index (χ4v) is 1.62. The molecule has 2 rings (SSSR count). The van der Waals surface area contributed by atoms with Crippen LogP contribution in [0.2, 0.25) is 0 Å². The lowest BCUT2D eigenvalue weighted by molar-refractivity contribution is -0.114. The largest absolute Gasteiger partial charge is 0.449 e. The molecule has 0 unspecified atom stereocenters. The molecule has 0 atom stereocenters. The third-order valence-electron chi connectivity index (χ3n) is 2.33. The fourth-order valence-electron chi connectivity index (χ4n) is 1.62. The first-order chi connectivity index (χ1) is 8.13. The smallest absolute Gasteiger partial charge is 0.288 e. The number of nitrogens with one attached hydrogen (secondary N) is 2. The number of amides is 2. The highest BCUT2D eigenvalue weighted by atomic mass is 16.3. The van der Waals surface area contributed by atoms with Gasteiger partial charge in [0.2, 0.25) is 11.7 Å². The topological polar surface area (TPSA) is 71.3 Å². The van der Waals surface area contributed by atoms with E-state index in [1.807, 2.05) is 6.07 Å². The van der Waals surface area contributed by atoms with E-state index < -0.39 is 0 Å². The highest BCUT2D eigenvalue weighted by Crippen LogP contribution is 2.30. The first-order valence-electron chi connectivity index (χ1n) is 5.14. The number of para-hydroxylation sites is 1. The molecule has 0 saturated heterocycles. The van der Waals surface area contributed by atoms with Gasteiger partial charge in [-0.1, -0.05) is 12.1 Å². The average Bonchev–Trinajstić information content (AvgIpc) is 2.67. The van der Waals surface area contributed by atoms with E-state index in [9.17, 15) is 9.59 Å². The first kappa shape index (κ1) is 11.2. The van der Waals surface area contributed by atoms with Crippen molar-refractivity contribution in [2.75, 3.05) is 12.4 Å². The molecule has 0 spiro atoms. The van der Waals surface area contributed by atoms with E-state index in [0.717, 1.165) is 0 Å². The van der Waals surface area contributed by atoms with Gasteiger partial charge in [-0.25, -0.2) is 0 Å². The van der Waals surface area contributed by atoms with E-state index in [-0.39, 0.29) is 17.6 Å². The van der Waals surface area contributed by atoms with Gasteiger partial charge < -0.3 is 15.1 Å². The summed E-state index contributed by atoms with van der Waals surface area (Å²) in [5.74, 6) is -0.504. The number of furan rings is 1. The maximum atomic E-state index is 11.6. The molecule has 2 amide bonds. The number of benzene rings is 1. The first-order valence-corrected chi connectivity index (χ1v) is 5.14. The maximum Gasteiger partial charge on any atom is 0.288 e. The number of anilines is 1. The molecule has 0 bridgehead atoms. The lowest BCUT2D eigenvalue weighted by Gasteiger charge is -2.01. The summed E-state index contributed by atoms with van der Waals surface area (Å²) in [5.41, 5.74) is 0.974. The standard InChI is InChI=1S/C12H12N2O3/c1-7(15)14-10-8-5-3-4-6-9(8)17-11(10)12(16)13-2/h3-6H,1-2H3,(H,13,16)(H,14,15). The predicted octanol–water partition coefficient (Wildman–Crippen LogP) is 1.75. The summed E-state index contributed by atoms with van der Waals surface area (Å²) in [6.45, 7) is 1.38. The molecule has 0 saturated carbocycles. The summed E-state index contributed by atoms with van der Waals surface area (Å²) in [6.07, 6.45) is 0. The molecule has 1 heterocycles. The molecule has 2 N–H and O–H groups in total. The van der Waals surface area contributed by atoms with Gasteiger partial charge >= 0.3 is 0 Å². The average molecular weight is 232 g/mol. The molecule has 5 nitrogen and oxygen atoms in total. The van der Waals surface area contributed by atoms with Crippen LogP contribution in [0, 0.1) is 0 Å². The van der Waals surface area contributed by atoms with Crippen molar-refractivity contribution < 1.29 is 14.0 Å². The molecule has 0 aliphatic rings. The van der Waals surface area contributed by atoms with Gasteiger partial charge in [0.1, 0.15) is 11.3 Å². The molecule has 0 aliphatic carbocycles. The van der Waals surface area contributed by atoms with Gasteiger partial charge in [0.25, 0.3) is 5.91 Å². The van der Waals surface area contributed by atoms with E-state index in [0.29, 0.717) is 16.7 Å². The zero-order valence-corrected chi connectivity index (χ0v) is 9.53. The summed E-state index contributed by atoms with van der Waals surface area (Å²) in [6, 6.07) is 7.15. The Labute approximate surface area is 97.8 Å². The Morgan fingerprint density at radius 3 is 2.59 bits per heavy atom. The van der Waals surface area contributed by atoms with Crippen LogP contribution in [0.3, 0.4) is 0 Å². The molecule has 0 fully saturated rings. The Kier molecular flexibility index (Phi) is 2.82. The van der Waals surface area contributed by atoms with Crippen molar-refractivity contribution in [2.45, 2.75) is 6.92 Å². The number of hydrogen-bond acceptors (Lipinski definition) is 3. The van der Waals surface area contributed by atoms with Crippen LogP contribution in [0.1, 0.15) is 17.5 Å². The quantitative estimate of drug-likeness (QED) is 0.828. The van der Waals surface area contributed by atoms with Crippen LogP contribution in [0.15, 0.2) is 28.7 Å². The number of hydrogen-bond donors (Lipinski definition) is 2. The van der Waals surface area contributed by atoms with Crippen LogP contribution < -0.4 is 10.6 Å². The van der Waals surface area contributed by atoms with Crippen molar-refractivity contribution >= 4 is 28.5 Å². The minimum Gasteiger partial charge on any atom is -0.449 e. The third kappa shape index (κ3) is 1.99. The minimum atomic E-state index is -0.370. The van der Waals surface area contributed by atoms with Crippen LogP contribution in [-0.4, -0.2) is 18.9 Å². The van der Waals surface area contributed by atoms with Crippen LogP contribution in [0.4, 0.5) is 5.69 Å². The summed E-state index contributed by atoms with van der Waals surface area (Å²) in [5, 5.41) is 5.80. The van der Waals surface area contributed by atoms with Crippen molar-refractivity contribution in [1.82, 2.24) is 5.32 Å². The van der Waals surface area contributed by atoms with Crippen molar-refractivity contribution in [2.24, 2.45) is 0 Å². The third-order valence-corrected chi connectivity index (χ3v) is 2.33. The number of rotatable bonds is 2. The predicted molar refractivity (Wildman–Crippen MR) is 63.9 cm³/mol. The zero-order chi connectivity index (χ0) is 12.4. The van der Waals surface area contributed by atoms with E-state index in [4.69, 9.17) is 4.42 Å². The van der Waals surface area contributed by atoms with Crippen molar-refractivity contribution in [1.29, 1.82) is 0 Å². The van der Waals surface area contributed by atoms with E-state index in [2.05, 4.69) is 10.6 Å². The second-order valence-corrected chi connectivity index (χ2v) is 3.56.